The maximum Gasteiger partial charge on any atom is 0.183 e. The number of hydrogen-bond donors (Lipinski definition) is 1. The van der Waals surface area contributed by atoms with Gasteiger partial charge in [-0.05, 0) is 23.4 Å². The first-order valence-corrected chi connectivity index (χ1v) is 7.95. The summed E-state index contributed by atoms with van der Waals surface area (Å²) >= 11 is 3.39. The van der Waals surface area contributed by atoms with Gasteiger partial charge in [0.1, 0.15) is 0 Å². The van der Waals surface area contributed by atoms with Crippen LogP contribution in [0.2, 0.25) is 0 Å². The van der Waals surface area contributed by atoms with E-state index in [2.05, 4.69) is 57.5 Å². The third-order valence-corrected chi connectivity index (χ3v) is 4.50. The van der Waals surface area contributed by atoms with Crippen molar-refractivity contribution in [1.29, 1.82) is 0 Å². The van der Waals surface area contributed by atoms with Crippen LogP contribution in [0.5, 0.6) is 0 Å². The highest BCUT2D eigenvalue weighted by Crippen LogP contribution is 2.28. The minimum Gasteiger partial charge on any atom is -0.361 e. The third kappa shape index (κ3) is 3.22. The number of thiophene rings is 1. The van der Waals surface area contributed by atoms with Crippen molar-refractivity contribution in [1.82, 2.24) is 4.98 Å². The van der Waals surface area contributed by atoms with Crippen molar-refractivity contribution in [3.05, 3.63) is 58.8 Å². The first kappa shape index (κ1) is 12.4. The van der Waals surface area contributed by atoms with Crippen molar-refractivity contribution in [2.24, 2.45) is 0 Å². The molecular formula is C15H14N2S2. The number of anilines is 1. The molecule has 0 radical (unpaired) electrons. The van der Waals surface area contributed by atoms with Gasteiger partial charge in [0.2, 0.25) is 0 Å². The van der Waals surface area contributed by atoms with Gasteiger partial charge in [0.05, 0.1) is 10.6 Å². The van der Waals surface area contributed by atoms with Crippen LogP contribution in [0.4, 0.5) is 5.13 Å². The van der Waals surface area contributed by atoms with Crippen molar-refractivity contribution in [2.45, 2.75) is 6.42 Å². The highest BCUT2D eigenvalue weighted by Gasteiger charge is 2.04. The van der Waals surface area contributed by atoms with E-state index in [0.29, 0.717) is 0 Å². The van der Waals surface area contributed by atoms with Crippen LogP contribution in [0.25, 0.3) is 10.6 Å². The highest BCUT2D eigenvalue weighted by atomic mass is 32.1. The van der Waals surface area contributed by atoms with Crippen LogP contribution in [-0.2, 0) is 6.42 Å². The first-order valence-electron chi connectivity index (χ1n) is 6.19. The lowest BCUT2D eigenvalue weighted by Crippen LogP contribution is -2.04. The van der Waals surface area contributed by atoms with Gasteiger partial charge in [0.25, 0.3) is 0 Å². The Morgan fingerprint density at radius 3 is 2.68 bits per heavy atom. The molecule has 2 heterocycles. The lowest BCUT2D eigenvalue weighted by molar-refractivity contribution is 1.02. The van der Waals surface area contributed by atoms with E-state index in [-0.39, 0.29) is 0 Å². The molecule has 96 valence electrons. The van der Waals surface area contributed by atoms with Crippen LogP contribution in [0.1, 0.15) is 5.56 Å². The van der Waals surface area contributed by atoms with Crippen LogP contribution in [-0.4, -0.2) is 11.5 Å². The SMILES string of the molecule is c1ccc(CCNc2nc(-c3cccs3)cs2)cc1. The number of hydrogen-bond acceptors (Lipinski definition) is 4. The molecule has 3 aromatic rings. The minimum absolute atomic E-state index is 0.918. The highest BCUT2D eigenvalue weighted by molar-refractivity contribution is 7.15. The second-order valence-corrected chi connectivity index (χ2v) is 5.98. The predicted molar refractivity (Wildman–Crippen MR) is 84.1 cm³/mol. The Morgan fingerprint density at radius 1 is 1.00 bits per heavy atom. The van der Waals surface area contributed by atoms with Crippen LogP contribution in [0, 0.1) is 0 Å². The summed E-state index contributed by atoms with van der Waals surface area (Å²) in [5, 5.41) is 8.58. The van der Waals surface area contributed by atoms with Gasteiger partial charge in [0, 0.05) is 11.9 Å². The molecule has 19 heavy (non-hydrogen) atoms. The molecule has 0 saturated carbocycles. The minimum atomic E-state index is 0.918. The van der Waals surface area contributed by atoms with Crippen molar-refractivity contribution in [3.8, 4) is 10.6 Å². The Hall–Kier alpha value is -1.65. The summed E-state index contributed by atoms with van der Waals surface area (Å²) < 4.78 is 0. The molecule has 0 aliphatic carbocycles. The molecule has 0 bridgehead atoms. The fourth-order valence-corrected chi connectivity index (χ4v) is 3.35. The van der Waals surface area contributed by atoms with Gasteiger partial charge in [-0.15, -0.1) is 22.7 Å². The van der Waals surface area contributed by atoms with Gasteiger partial charge >= 0.3 is 0 Å². The number of nitrogens with zero attached hydrogens (tertiary/aromatic N) is 1. The number of aromatic nitrogens is 1. The topological polar surface area (TPSA) is 24.9 Å². The summed E-state index contributed by atoms with van der Waals surface area (Å²) in [5.41, 5.74) is 2.42. The van der Waals surface area contributed by atoms with E-state index < -0.39 is 0 Å². The number of rotatable bonds is 5. The molecule has 4 heteroatoms. The van der Waals surface area contributed by atoms with Crippen molar-refractivity contribution < 1.29 is 0 Å². The van der Waals surface area contributed by atoms with Gasteiger partial charge in [-0.2, -0.15) is 0 Å². The first-order chi connectivity index (χ1) is 9.42. The number of nitrogens with one attached hydrogen (secondary N) is 1. The summed E-state index contributed by atoms with van der Waals surface area (Å²) in [5.74, 6) is 0. The summed E-state index contributed by atoms with van der Waals surface area (Å²) in [6.45, 7) is 0.918. The van der Waals surface area contributed by atoms with E-state index in [0.717, 1.165) is 23.8 Å². The van der Waals surface area contributed by atoms with Gasteiger partial charge in [-0.3, -0.25) is 0 Å². The normalized spacial score (nSPS) is 10.5. The lowest BCUT2D eigenvalue weighted by atomic mass is 10.2. The van der Waals surface area contributed by atoms with Gasteiger partial charge in [-0.1, -0.05) is 36.4 Å². The van der Waals surface area contributed by atoms with Crippen molar-refractivity contribution in [3.63, 3.8) is 0 Å². The number of thiazole rings is 1. The van der Waals surface area contributed by atoms with E-state index in [1.807, 2.05) is 6.07 Å². The zero-order chi connectivity index (χ0) is 12.9. The second kappa shape index (κ2) is 5.99. The van der Waals surface area contributed by atoms with Crippen LogP contribution in [0.3, 0.4) is 0 Å². The maximum atomic E-state index is 4.60. The fourth-order valence-electron chi connectivity index (χ4n) is 1.85. The Labute approximate surface area is 120 Å². The zero-order valence-corrected chi connectivity index (χ0v) is 12.0. The molecule has 3 rings (SSSR count). The van der Waals surface area contributed by atoms with Gasteiger partial charge < -0.3 is 5.32 Å². The van der Waals surface area contributed by atoms with Crippen LogP contribution in [0.15, 0.2) is 53.2 Å². The molecule has 0 saturated heterocycles. The monoisotopic (exact) mass is 286 g/mol. The predicted octanol–water partition coefficient (Wildman–Crippen LogP) is 4.53. The molecular weight excluding hydrogens is 272 g/mol. The standard InChI is InChI=1S/C15H14N2S2/c1-2-5-12(6-3-1)8-9-16-15-17-13(11-19-15)14-7-4-10-18-14/h1-7,10-11H,8-9H2,(H,16,17). The lowest BCUT2D eigenvalue weighted by Gasteiger charge is -2.02. The molecule has 2 aromatic heterocycles. The quantitative estimate of drug-likeness (QED) is 0.745. The Morgan fingerprint density at radius 2 is 1.89 bits per heavy atom. The average molecular weight is 286 g/mol. The smallest absolute Gasteiger partial charge is 0.183 e. The fraction of sp³-hybridized carbons (Fsp3) is 0.133. The second-order valence-electron chi connectivity index (χ2n) is 4.18. The van der Waals surface area contributed by atoms with Crippen molar-refractivity contribution >= 4 is 27.8 Å². The molecule has 2 nitrogen and oxygen atoms in total. The third-order valence-electron chi connectivity index (χ3n) is 2.81. The molecule has 0 spiro atoms. The van der Waals surface area contributed by atoms with E-state index >= 15 is 0 Å². The zero-order valence-electron chi connectivity index (χ0n) is 10.4. The van der Waals surface area contributed by atoms with E-state index in [4.69, 9.17) is 0 Å². The molecule has 0 unspecified atom stereocenters. The largest absolute Gasteiger partial charge is 0.361 e. The van der Waals surface area contributed by atoms with Crippen molar-refractivity contribution in [2.75, 3.05) is 11.9 Å². The van der Waals surface area contributed by atoms with E-state index in [1.165, 1.54) is 10.4 Å². The summed E-state index contributed by atoms with van der Waals surface area (Å²) in [7, 11) is 0. The van der Waals surface area contributed by atoms with E-state index in [9.17, 15) is 0 Å². The van der Waals surface area contributed by atoms with Crippen LogP contribution < -0.4 is 5.32 Å². The summed E-state index contributed by atoms with van der Waals surface area (Å²) in [6.07, 6.45) is 1.02. The molecule has 0 amide bonds. The Bertz CT molecular complexity index is 615. The maximum absolute atomic E-state index is 4.60. The Balaban J connectivity index is 1.56. The number of benzene rings is 1. The van der Waals surface area contributed by atoms with Gasteiger partial charge in [-0.25, -0.2) is 4.98 Å². The van der Waals surface area contributed by atoms with Gasteiger partial charge in [0.15, 0.2) is 5.13 Å². The molecule has 0 fully saturated rings. The van der Waals surface area contributed by atoms with Crippen LogP contribution >= 0.6 is 22.7 Å². The molecule has 0 aliphatic rings. The molecule has 1 N–H and O–H groups in total. The average Bonchev–Trinajstić information content (AvgIpc) is 3.10. The molecule has 0 atom stereocenters. The molecule has 1 aromatic carbocycles. The Kier molecular flexibility index (Phi) is 3.91. The summed E-state index contributed by atoms with van der Waals surface area (Å²) in [4.78, 5) is 5.83. The molecule has 0 aliphatic heterocycles. The van der Waals surface area contributed by atoms with E-state index in [1.54, 1.807) is 22.7 Å². The summed E-state index contributed by atoms with van der Waals surface area (Å²) in [6, 6.07) is 14.7.